The molecule has 0 fully saturated rings. The molecule has 2 N–H and O–H groups in total. The molecule has 2 aromatic rings. The number of aliphatic hydroxyl groups is 1. The molecule has 6 nitrogen and oxygen atoms in total. The van der Waals surface area contributed by atoms with E-state index in [0.717, 1.165) is 4.47 Å². The average molecular weight is 436 g/mol. The number of hydrogen-bond donors (Lipinski definition) is 2. The Morgan fingerprint density at radius 2 is 1.88 bits per heavy atom. The number of hydrogen-bond acceptors (Lipinski definition) is 6. The second-order valence-electron chi connectivity index (χ2n) is 5.76. The van der Waals surface area contributed by atoms with Crippen LogP contribution in [0, 0.1) is 6.92 Å². The summed E-state index contributed by atoms with van der Waals surface area (Å²) >= 11 is 3.41. The van der Waals surface area contributed by atoms with Crippen molar-refractivity contribution in [3.8, 4) is 11.5 Å². The SMILES string of the molecule is Cc1onc(COc2ccccc2OCC(O)CNC(C)C)c1Br.Cl. The first-order valence-electron chi connectivity index (χ1n) is 7.84. The van der Waals surface area contributed by atoms with Crippen LogP contribution in [0.15, 0.2) is 33.3 Å². The van der Waals surface area contributed by atoms with E-state index in [-0.39, 0.29) is 25.6 Å². The van der Waals surface area contributed by atoms with Crippen molar-refractivity contribution in [2.75, 3.05) is 13.2 Å². The number of ether oxygens (including phenoxy) is 2. The topological polar surface area (TPSA) is 76.8 Å². The number of benzene rings is 1. The molecule has 0 aliphatic heterocycles. The summed E-state index contributed by atoms with van der Waals surface area (Å²) in [5.41, 5.74) is 0.684. The molecule has 140 valence electrons. The Morgan fingerprint density at radius 3 is 2.44 bits per heavy atom. The summed E-state index contributed by atoms with van der Waals surface area (Å²) in [5.74, 6) is 1.88. The maximum atomic E-state index is 9.94. The summed E-state index contributed by atoms with van der Waals surface area (Å²) in [7, 11) is 0. The van der Waals surface area contributed by atoms with E-state index in [4.69, 9.17) is 14.0 Å². The lowest BCUT2D eigenvalue weighted by atomic mass is 10.3. The molecule has 1 heterocycles. The van der Waals surface area contributed by atoms with Gasteiger partial charge in [-0.05, 0) is 35.0 Å². The van der Waals surface area contributed by atoms with Crippen molar-refractivity contribution in [1.82, 2.24) is 10.5 Å². The van der Waals surface area contributed by atoms with E-state index in [0.29, 0.717) is 35.5 Å². The number of para-hydroxylation sites is 2. The second kappa shape index (κ2) is 10.7. The number of nitrogens with one attached hydrogen (secondary N) is 1. The Balaban J connectivity index is 0.00000312. The third kappa shape index (κ3) is 6.86. The van der Waals surface area contributed by atoms with Gasteiger partial charge in [0.2, 0.25) is 0 Å². The zero-order chi connectivity index (χ0) is 17.5. The molecule has 1 unspecified atom stereocenters. The molecular weight excluding hydrogens is 412 g/mol. The molecule has 0 aliphatic rings. The monoisotopic (exact) mass is 434 g/mol. The highest BCUT2D eigenvalue weighted by Crippen LogP contribution is 2.28. The maximum Gasteiger partial charge on any atom is 0.161 e. The molecule has 0 saturated carbocycles. The number of rotatable bonds is 9. The first-order valence-corrected chi connectivity index (χ1v) is 8.63. The molecule has 0 saturated heterocycles. The lowest BCUT2D eigenvalue weighted by Crippen LogP contribution is -2.35. The number of halogens is 2. The normalized spacial score (nSPS) is 11.9. The van der Waals surface area contributed by atoms with Crippen LogP contribution in [-0.4, -0.2) is 35.6 Å². The van der Waals surface area contributed by atoms with Gasteiger partial charge in [-0.25, -0.2) is 0 Å². The third-order valence-corrected chi connectivity index (χ3v) is 4.28. The van der Waals surface area contributed by atoms with Crippen molar-refractivity contribution in [2.45, 2.75) is 39.5 Å². The molecule has 8 heteroatoms. The van der Waals surface area contributed by atoms with Crippen molar-refractivity contribution >= 4 is 28.3 Å². The Kier molecular flexibility index (Phi) is 9.27. The zero-order valence-electron chi connectivity index (χ0n) is 14.5. The predicted molar refractivity (Wildman–Crippen MR) is 102 cm³/mol. The fourth-order valence-corrected chi connectivity index (χ4v) is 2.21. The first-order chi connectivity index (χ1) is 11.5. The molecule has 0 amide bonds. The van der Waals surface area contributed by atoms with Gasteiger partial charge in [0.1, 0.15) is 30.8 Å². The molecule has 2 rings (SSSR count). The van der Waals surface area contributed by atoms with Crippen LogP contribution in [-0.2, 0) is 6.61 Å². The summed E-state index contributed by atoms with van der Waals surface area (Å²) in [6, 6.07) is 7.66. The Hall–Kier alpha value is -1.28. The zero-order valence-corrected chi connectivity index (χ0v) is 16.9. The van der Waals surface area contributed by atoms with Gasteiger partial charge in [-0.1, -0.05) is 31.1 Å². The highest BCUT2D eigenvalue weighted by atomic mass is 79.9. The minimum absolute atomic E-state index is 0. The number of nitrogens with zero attached hydrogens (tertiary/aromatic N) is 1. The van der Waals surface area contributed by atoms with Gasteiger partial charge in [0.25, 0.3) is 0 Å². The van der Waals surface area contributed by atoms with Gasteiger partial charge < -0.3 is 24.4 Å². The van der Waals surface area contributed by atoms with Crippen LogP contribution < -0.4 is 14.8 Å². The van der Waals surface area contributed by atoms with Gasteiger partial charge in [0, 0.05) is 12.6 Å². The van der Waals surface area contributed by atoms with E-state index < -0.39 is 6.10 Å². The van der Waals surface area contributed by atoms with Crippen LogP contribution >= 0.6 is 28.3 Å². The van der Waals surface area contributed by atoms with Crippen molar-refractivity contribution in [1.29, 1.82) is 0 Å². The van der Waals surface area contributed by atoms with Crippen molar-refractivity contribution in [3.63, 3.8) is 0 Å². The van der Waals surface area contributed by atoms with E-state index in [9.17, 15) is 5.11 Å². The Bertz CT molecular complexity index is 651. The molecule has 1 atom stereocenters. The maximum absolute atomic E-state index is 9.94. The summed E-state index contributed by atoms with van der Waals surface area (Å²) < 4.78 is 17.4. The average Bonchev–Trinajstić information content (AvgIpc) is 2.88. The molecular formula is C17H24BrClN2O4. The third-order valence-electron chi connectivity index (χ3n) is 3.26. The first kappa shape index (κ1) is 21.8. The summed E-state index contributed by atoms with van der Waals surface area (Å²) in [5, 5.41) is 17.0. The lowest BCUT2D eigenvalue weighted by molar-refractivity contribution is 0.102. The van der Waals surface area contributed by atoms with Crippen LogP contribution in [0.25, 0.3) is 0 Å². The van der Waals surface area contributed by atoms with Crippen LogP contribution in [0.2, 0.25) is 0 Å². The second-order valence-corrected chi connectivity index (χ2v) is 6.56. The Labute approximate surface area is 162 Å². The number of aryl methyl sites for hydroxylation is 1. The van der Waals surface area contributed by atoms with Gasteiger partial charge in [-0.3, -0.25) is 0 Å². The van der Waals surface area contributed by atoms with E-state index in [1.54, 1.807) is 6.07 Å². The number of aliphatic hydroxyl groups excluding tert-OH is 1. The minimum Gasteiger partial charge on any atom is -0.487 e. The van der Waals surface area contributed by atoms with Crippen molar-refractivity contribution in [2.24, 2.45) is 0 Å². The Morgan fingerprint density at radius 1 is 1.24 bits per heavy atom. The van der Waals surface area contributed by atoms with Crippen LogP contribution in [0.1, 0.15) is 25.3 Å². The van der Waals surface area contributed by atoms with E-state index in [2.05, 4.69) is 26.4 Å². The molecule has 1 aromatic carbocycles. The molecule has 0 radical (unpaired) electrons. The fraction of sp³-hybridized carbons (Fsp3) is 0.471. The van der Waals surface area contributed by atoms with Gasteiger partial charge in [-0.2, -0.15) is 0 Å². The molecule has 1 aromatic heterocycles. The standard InChI is InChI=1S/C17H23BrN2O4.ClH/c1-11(2)19-8-13(21)9-22-15-6-4-5-7-16(15)23-10-14-17(18)12(3)24-20-14;/h4-7,11,13,19,21H,8-10H2,1-3H3;1H. The van der Waals surface area contributed by atoms with E-state index >= 15 is 0 Å². The fourth-order valence-electron chi connectivity index (χ4n) is 1.95. The molecule has 0 bridgehead atoms. The summed E-state index contributed by atoms with van der Waals surface area (Å²) in [6.07, 6.45) is -0.590. The minimum atomic E-state index is -0.590. The largest absolute Gasteiger partial charge is 0.487 e. The lowest BCUT2D eigenvalue weighted by Gasteiger charge is -2.16. The summed E-state index contributed by atoms with van der Waals surface area (Å²) in [4.78, 5) is 0. The van der Waals surface area contributed by atoms with Gasteiger partial charge in [0.15, 0.2) is 11.5 Å². The van der Waals surface area contributed by atoms with Crippen LogP contribution in [0.5, 0.6) is 11.5 Å². The van der Waals surface area contributed by atoms with E-state index in [1.807, 2.05) is 39.0 Å². The quantitative estimate of drug-likeness (QED) is 0.628. The van der Waals surface area contributed by atoms with Crippen LogP contribution in [0.3, 0.4) is 0 Å². The van der Waals surface area contributed by atoms with Gasteiger partial charge in [0.05, 0.1) is 4.47 Å². The van der Waals surface area contributed by atoms with Gasteiger partial charge >= 0.3 is 0 Å². The predicted octanol–water partition coefficient (Wildman–Crippen LogP) is 3.48. The molecule has 0 spiro atoms. The smallest absolute Gasteiger partial charge is 0.161 e. The van der Waals surface area contributed by atoms with Crippen molar-refractivity contribution < 1.29 is 19.1 Å². The highest BCUT2D eigenvalue weighted by molar-refractivity contribution is 9.10. The van der Waals surface area contributed by atoms with Crippen LogP contribution in [0.4, 0.5) is 0 Å². The van der Waals surface area contributed by atoms with Crippen molar-refractivity contribution in [3.05, 3.63) is 40.2 Å². The highest BCUT2D eigenvalue weighted by Gasteiger charge is 2.13. The molecule has 25 heavy (non-hydrogen) atoms. The number of aromatic nitrogens is 1. The van der Waals surface area contributed by atoms with Gasteiger partial charge in [-0.15, -0.1) is 12.4 Å². The van der Waals surface area contributed by atoms with E-state index in [1.165, 1.54) is 0 Å². The summed E-state index contributed by atoms with van der Waals surface area (Å²) in [6.45, 7) is 6.81. The molecule has 0 aliphatic carbocycles.